The quantitative estimate of drug-likeness (QED) is 0.206. The Morgan fingerprint density at radius 3 is 2.11 bits per heavy atom. The average Bonchev–Trinajstić information content (AvgIpc) is 2.81. The third kappa shape index (κ3) is 5.97. The fourth-order valence-electron chi connectivity index (χ4n) is 4.05. The van der Waals surface area contributed by atoms with Crippen molar-refractivity contribution in [2.24, 2.45) is 0 Å². The number of halogens is 6. The van der Waals surface area contributed by atoms with Gasteiger partial charge in [-0.05, 0) is 42.5 Å². The lowest BCUT2D eigenvalue weighted by molar-refractivity contribution is -0.189. The normalized spacial score (nSPS) is 11.7. The summed E-state index contributed by atoms with van der Waals surface area (Å²) < 4.78 is 93.4. The van der Waals surface area contributed by atoms with E-state index in [1.54, 1.807) is 19.1 Å². The van der Waals surface area contributed by atoms with Gasteiger partial charge in [-0.15, -0.1) is 0 Å². The van der Waals surface area contributed by atoms with E-state index in [1.807, 2.05) is 0 Å². The molecule has 0 atom stereocenters. The maximum absolute atomic E-state index is 15.3. The van der Waals surface area contributed by atoms with Gasteiger partial charge in [0.1, 0.15) is 22.9 Å². The Bertz CT molecular complexity index is 1190. The Labute approximate surface area is 206 Å². The molecule has 0 aliphatic heterocycles. The molecule has 36 heavy (non-hydrogen) atoms. The van der Waals surface area contributed by atoms with E-state index in [9.17, 15) is 27.1 Å². The van der Waals surface area contributed by atoms with E-state index in [4.69, 9.17) is 0 Å². The van der Waals surface area contributed by atoms with Crippen LogP contribution in [0.5, 0.6) is 11.5 Å². The summed E-state index contributed by atoms with van der Waals surface area (Å²) in [4.78, 5) is 0. The van der Waals surface area contributed by atoms with E-state index < -0.39 is 51.8 Å². The number of ether oxygens (including phenoxy) is 1. The number of benzene rings is 3. The zero-order valence-electron chi connectivity index (χ0n) is 20.1. The van der Waals surface area contributed by atoms with Crippen LogP contribution in [0.2, 0.25) is 0 Å². The van der Waals surface area contributed by atoms with Crippen LogP contribution < -0.4 is 4.74 Å². The molecule has 194 valence electrons. The predicted molar refractivity (Wildman–Crippen MR) is 126 cm³/mol. The lowest BCUT2D eigenvalue weighted by Gasteiger charge is -2.21. The van der Waals surface area contributed by atoms with Gasteiger partial charge in [0, 0.05) is 11.6 Å². The molecule has 0 fully saturated rings. The molecule has 1 N–H and O–H groups in total. The van der Waals surface area contributed by atoms with Crippen molar-refractivity contribution in [1.29, 1.82) is 0 Å². The monoisotopic (exact) mass is 510 g/mol. The second kappa shape index (κ2) is 11.7. The number of aromatic hydroxyl groups is 1. The number of phenolic OH excluding ortho intramolecular Hbond substituents is 1. The second-order valence-corrected chi connectivity index (χ2v) is 8.67. The maximum atomic E-state index is 15.3. The first kappa shape index (κ1) is 27.4. The standard InChI is InChI=1S/C28H28F6O2/c1-3-5-6-7-9-17-10-13-19(14-11-17)36-28(33,34)24-21(29)16-22(35)23(27(24)32)20-15-12-18(8-4-2)25(30)26(20)31/h10-16,35H,3-9H2,1-2H3. The molecule has 0 aliphatic rings. The highest BCUT2D eigenvalue weighted by Gasteiger charge is 2.43. The number of unbranched alkanes of at least 4 members (excludes halogenated alkanes) is 3. The molecule has 2 nitrogen and oxygen atoms in total. The maximum Gasteiger partial charge on any atom is 0.432 e. The van der Waals surface area contributed by atoms with Crippen molar-refractivity contribution in [2.75, 3.05) is 0 Å². The molecule has 0 unspecified atom stereocenters. The summed E-state index contributed by atoms with van der Waals surface area (Å²) in [6.07, 6.45) is 1.08. The zero-order valence-corrected chi connectivity index (χ0v) is 20.1. The van der Waals surface area contributed by atoms with Gasteiger partial charge in [0.2, 0.25) is 0 Å². The van der Waals surface area contributed by atoms with Gasteiger partial charge in [-0.1, -0.05) is 63.8 Å². The third-order valence-corrected chi connectivity index (χ3v) is 5.93. The van der Waals surface area contributed by atoms with E-state index in [1.165, 1.54) is 12.1 Å². The van der Waals surface area contributed by atoms with Gasteiger partial charge in [-0.3, -0.25) is 0 Å². The molecule has 0 heterocycles. The minimum absolute atomic E-state index is 0.00320. The lowest BCUT2D eigenvalue weighted by Crippen LogP contribution is -2.25. The minimum atomic E-state index is -4.52. The smallest absolute Gasteiger partial charge is 0.432 e. The van der Waals surface area contributed by atoms with Crippen molar-refractivity contribution >= 4 is 0 Å². The van der Waals surface area contributed by atoms with Crippen LogP contribution in [0, 0.1) is 23.3 Å². The van der Waals surface area contributed by atoms with Crippen LogP contribution in [0.4, 0.5) is 26.3 Å². The first-order chi connectivity index (χ1) is 17.1. The van der Waals surface area contributed by atoms with Crippen molar-refractivity contribution in [2.45, 2.75) is 64.9 Å². The summed E-state index contributed by atoms with van der Waals surface area (Å²) in [5.74, 6) is -8.07. The van der Waals surface area contributed by atoms with Crippen LogP contribution in [0.15, 0.2) is 42.5 Å². The van der Waals surface area contributed by atoms with E-state index in [-0.39, 0.29) is 23.8 Å². The summed E-state index contributed by atoms with van der Waals surface area (Å²) in [5, 5.41) is 10.1. The topological polar surface area (TPSA) is 29.5 Å². The van der Waals surface area contributed by atoms with Gasteiger partial charge in [-0.2, -0.15) is 8.78 Å². The highest BCUT2D eigenvalue weighted by atomic mass is 19.3. The Hall–Kier alpha value is -3.16. The van der Waals surface area contributed by atoms with Crippen molar-refractivity contribution in [1.82, 2.24) is 0 Å². The molecule has 0 aromatic heterocycles. The van der Waals surface area contributed by atoms with Gasteiger partial charge in [-0.25, -0.2) is 17.6 Å². The molecule has 0 aliphatic carbocycles. The number of hydrogen-bond donors (Lipinski definition) is 1. The van der Waals surface area contributed by atoms with Gasteiger partial charge in [0.15, 0.2) is 17.5 Å². The Balaban J connectivity index is 1.94. The van der Waals surface area contributed by atoms with Crippen LogP contribution in [-0.2, 0) is 19.0 Å². The number of aryl methyl sites for hydroxylation is 2. The molecule has 0 spiro atoms. The highest BCUT2D eigenvalue weighted by molar-refractivity contribution is 5.73. The van der Waals surface area contributed by atoms with E-state index in [0.29, 0.717) is 6.42 Å². The van der Waals surface area contributed by atoms with Crippen molar-refractivity contribution in [3.63, 3.8) is 0 Å². The van der Waals surface area contributed by atoms with Crippen LogP contribution >= 0.6 is 0 Å². The number of alkyl halides is 2. The van der Waals surface area contributed by atoms with Gasteiger partial charge in [0.25, 0.3) is 0 Å². The first-order valence-electron chi connectivity index (χ1n) is 11.9. The van der Waals surface area contributed by atoms with E-state index in [2.05, 4.69) is 11.7 Å². The summed E-state index contributed by atoms with van der Waals surface area (Å²) in [6, 6.07) is 8.05. The van der Waals surface area contributed by atoms with Crippen LogP contribution in [0.1, 0.15) is 62.6 Å². The number of rotatable bonds is 11. The number of hydrogen-bond acceptors (Lipinski definition) is 2. The van der Waals surface area contributed by atoms with Crippen LogP contribution in [0.3, 0.4) is 0 Å². The molecule has 8 heteroatoms. The number of phenols is 1. The Morgan fingerprint density at radius 2 is 1.47 bits per heavy atom. The van der Waals surface area contributed by atoms with Crippen molar-refractivity contribution in [3.8, 4) is 22.6 Å². The third-order valence-electron chi connectivity index (χ3n) is 5.93. The lowest BCUT2D eigenvalue weighted by atomic mass is 9.97. The van der Waals surface area contributed by atoms with Crippen molar-refractivity contribution in [3.05, 3.63) is 82.4 Å². The van der Waals surface area contributed by atoms with Gasteiger partial charge < -0.3 is 9.84 Å². The molecule has 3 aromatic carbocycles. The van der Waals surface area contributed by atoms with E-state index >= 15 is 4.39 Å². The molecular formula is C28H28F6O2. The molecule has 3 rings (SSSR count). The van der Waals surface area contributed by atoms with Crippen LogP contribution in [-0.4, -0.2) is 5.11 Å². The highest BCUT2D eigenvalue weighted by Crippen LogP contribution is 2.43. The summed E-state index contributed by atoms with van der Waals surface area (Å²) in [5.41, 5.74) is -2.82. The predicted octanol–water partition coefficient (Wildman–Crippen LogP) is 8.82. The second-order valence-electron chi connectivity index (χ2n) is 8.67. The fraction of sp³-hybridized carbons (Fsp3) is 0.357. The van der Waals surface area contributed by atoms with E-state index in [0.717, 1.165) is 49.8 Å². The molecule has 0 amide bonds. The summed E-state index contributed by atoms with van der Waals surface area (Å²) in [6.45, 7) is 3.83. The van der Waals surface area contributed by atoms with Gasteiger partial charge >= 0.3 is 6.11 Å². The summed E-state index contributed by atoms with van der Waals surface area (Å²) in [7, 11) is 0. The zero-order chi connectivity index (χ0) is 26.5. The molecule has 0 saturated heterocycles. The minimum Gasteiger partial charge on any atom is -0.507 e. The van der Waals surface area contributed by atoms with Crippen molar-refractivity contribution < 1.29 is 36.2 Å². The molecular weight excluding hydrogens is 482 g/mol. The van der Waals surface area contributed by atoms with Crippen LogP contribution in [0.25, 0.3) is 11.1 Å². The molecule has 3 aromatic rings. The average molecular weight is 511 g/mol. The molecule has 0 saturated carbocycles. The summed E-state index contributed by atoms with van der Waals surface area (Å²) >= 11 is 0. The van der Waals surface area contributed by atoms with Gasteiger partial charge in [0.05, 0.1) is 5.56 Å². The largest absolute Gasteiger partial charge is 0.507 e. The Kier molecular flexibility index (Phi) is 8.93. The fourth-order valence-corrected chi connectivity index (χ4v) is 4.05. The Morgan fingerprint density at radius 1 is 0.778 bits per heavy atom. The molecule has 0 radical (unpaired) electrons. The first-order valence-corrected chi connectivity index (χ1v) is 11.9. The molecule has 0 bridgehead atoms. The SMILES string of the molecule is CCCCCCc1ccc(OC(F)(F)c2c(F)cc(O)c(-c3ccc(CCC)c(F)c3F)c2F)cc1.